The second kappa shape index (κ2) is 12.1. The molecule has 6 rings (SSSR count). The summed E-state index contributed by atoms with van der Waals surface area (Å²) in [7, 11) is 0. The predicted molar refractivity (Wildman–Crippen MR) is 158 cm³/mol. The minimum Gasteiger partial charge on any atom is -0.494 e. The van der Waals surface area contributed by atoms with E-state index in [4.69, 9.17) is 9.47 Å². The summed E-state index contributed by atoms with van der Waals surface area (Å²) in [6.07, 6.45) is 1.68. The first-order valence-electron chi connectivity index (χ1n) is 14.2. The molecule has 2 amide bonds. The molecule has 1 N–H and O–H groups in total. The van der Waals surface area contributed by atoms with Crippen LogP contribution in [0.1, 0.15) is 40.4 Å². The lowest BCUT2D eigenvalue weighted by atomic mass is 9.79. The van der Waals surface area contributed by atoms with Crippen molar-refractivity contribution < 1.29 is 19.1 Å². The fraction of sp³-hybridized carbons (Fsp3) is 0.303. The van der Waals surface area contributed by atoms with Gasteiger partial charge in [0.2, 0.25) is 5.91 Å². The zero-order chi connectivity index (χ0) is 28.2. The molecule has 41 heavy (non-hydrogen) atoms. The zero-order valence-electron chi connectivity index (χ0n) is 23.2. The van der Waals surface area contributed by atoms with Crippen LogP contribution in [0.2, 0.25) is 0 Å². The van der Waals surface area contributed by atoms with Crippen LogP contribution in [0.4, 0.5) is 5.69 Å². The predicted octanol–water partition coefficient (Wildman–Crippen LogP) is 4.89. The number of anilines is 1. The number of aromatic nitrogens is 1. The average Bonchev–Trinajstić information content (AvgIpc) is 3.01. The van der Waals surface area contributed by atoms with Crippen LogP contribution in [-0.2, 0) is 9.53 Å². The van der Waals surface area contributed by atoms with Gasteiger partial charge in [-0.15, -0.1) is 0 Å². The Morgan fingerprint density at radius 3 is 2.56 bits per heavy atom. The van der Waals surface area contributed by atoms with E-state index >= 15 is 0 Å². The van der Waals surface area contributed by atoms with Crippen LogP contribution in [0, 0.1) is 0 Å². The topological polar surface area (TPSA) is 84.0 Å². The van der Waals surface area contributed by atoms with Crippen molar-refractivity contribution in [1.82, 2.24) is 14.8 Å². The Hall–Kier alpha value is -4.27. The molecule has 210 valence electrons. The van der Waals surface area contributed by atoms with Crippen LogP contribution in [-0.4, -0.2) is 72.6 Å². The van der Waals surface area contributed by atoms with Crippen LogP contribution >= 0.6 is 0 Å². The van der Waals surface area contributed by atoms with E-state index in [1.165, 1.54) is 0 Å². The molecule has 0 bridgehead atoms. The molecule has 0 aliphatic carbocycles. The first kappa shape index (κ1) is 26.9. The number of nitrogens with one attached hydrogen (secondary N) is 1. The van der Waals surface area contributed by atoms with Gasteiger partial charge in [0.25, 0.3) is 5.91 Å². The third kappa shape index (κ3) is 5.66. The second-order valence-electron chi connectivity index (χ2n) is 10.4. The number of rotatable bonds is 8. The van der Waals surface area contributed by atoms with Crippen LogP contribution < -0.4 is 10.1 Å². The molecule has 1 saturated heterocycles. The summed E-state index contributed by atoms with van der Waals surface area (Å²) >= 11 is 0. The van der Waals surface area contributed by atoms with Crippen molar-refractivity contribution in [1.29, 1.82) is 0 Å². The number of pyridine rings is 1. The number of carbonyl (C=O) groups is 2. The van der Waals surface area contributed by atoms with Crippen LogP contribution in [0.3, 0.4) is 0 Å². The first-order chi connectivity index (χ1) is 20.1. The number of ether oxygens (including phenoxy) is 2. The number of carbonyl (C=O) groups excluding carboxylic acids is 2. The van der Waals surface area contributed by atoms with Gasteiger partial charge >= 0.3 is 0 Å². The molecule has 8 heteroatoms. The molecule has 8 nitrogen and oxygen atoms in total. The van der Waals surface area contributed by atoms with Crippen molar-refractivity contribution >= 4 is 28.4 Å². The number of fused-ring (bicyclic) bond motifs is 2. The zero-order valence-corrected chi connectivity index (χ0v) is 23.2. The van der Waals surface area contributed by atoms with E-state index in [1.807, 2.05) is 90.7 Å². The molecule has 4 aromatic rings. The molecule has 0 saturated carbocycles. The van der Waals surface area contributed by atoms with Crippen molar-refractivity contribution in [2.24, 2.45) is 0 Å². The molecule has 2 atom stereocenters. The van der Waals surface area contributed by atoms with Gasteiger partial charge in [0, 0.05) is 37.1 Å². The van der Waals surface area contributed by atoms with Crippen LogP contribution in [0.25, 0.3) is 10.9 Å². The third-order valence-electron chi connectivity index (χ3n) is 7.87. The number of hydrogen-bond donors (Lipinski definition) is 1. The first-order valence-corrected chi connectivity index (χ1v) is 14.2. The number of para-hydroxylation sites is 1. The van der Waals surface area contributed by atoms with Gasteiger partial charge < -0.3 is 19.7 Å². The summed E-state index contributed by atoms with van der Waals surface area (Å²) in [4.78, 5) is 37.0. The molecule has 0 radical (unpaired) electrons. The third-order valence-corrected chi connectivity index (χ3v) is 7.87. The number of benzene rings is 3. The van der Waals surface area contributed by atoms with E-state index in [0.29, 0.717) is 44.2 Å². The van der Waals surface area contributed by atoms with Gasteiger partial charge in [0.1, 0.15) is 5.75 Å². The highest BCUT2D eigenvalue weighted by atomic mass is 16.5. The molecular formula is C33H34N4O4. The summed E-state index contributed by atoms with van der Waals surface area (Å²) in [6, 6.07) is 24.5. The standard InChI is InChI=1S/C33H34N4O4/c1-2-41-26-13-11-23(12-14-26)31-30(32(38)35-25-21-24-7-3-6-10-29(24)34-22-25)27-8-4-5-9-28(27)33(39)37(31)16-15-36-17-19-40-20-18-36/h3-14,21-22,30-31H,2,15-20H2,1H3,(H,35,38). The van der Waals surface area contributed by atoms with Gasteiger partial charge in [-0.2, -0.15) is 0 Å². The molecule has 2 unspecified atom stereocenters. The van der Waals surface area contributed by atoms with Crippen LogP contribution in [0.15, 0.2) is 85.1 Å². The van der Waals surface area contributed by atoms with Gasteiger partial charge in [-0.05, 0) is 48.4 Å². The van der Waals surface area contributed by atoms with E-state index in [9.17, 15) is 9.59 Å². The smallest absolute Gasteiger partial charge is 0.254 e. The Labute approximate surface area is 239 Å². The summed E-state index contributed by atoms with van der Waals surface area (Å²) in [5, 5.41) is 4.07. The number of hydrogen-bond acceptors (Lipinski definition) is 6. The highest BCUT2D eigenvalue weighted by Crippen LogP contribution is 2.43. The minimum absolute atomic E-state index is 0.0656. The maximum absolute atomic E-state index is 14.2. The molecule has 3 aromatic carbocycles. The normalized spacial score (nSPS) is 19.1. The summed E-state index contributed by atoms with van der Waals surface area (Å²) in [5.41, 5.74) is 3.66. The molecular weight excluding hydrogens is 516 g/mol. The second-order valence-corrected chi connectivity index (χ2v) is 10.4. The van der Waals surface area contributed by atoms with Gasteiger partial charge in [-0.3, -0.25) is 19.5 Å². The Balaban J connectivity index is 1.39. The molecule has 1 aromatic heterocycles. The fourth-order valence-electron chi connectivity index (χ4n) is 5.85. The average molecular weight is 551 g/mol. The summed E-state index contributed by atoms with van der Waals surface area (Å²) in [5.74, 6) is -0.124. The Bertz CT molecular complexity index is 1530. The Kier molecular flexibility index (Phi) is 7.93. The Morgan fingerprint density at radius 1 is 1.00 bits per heavy atom. The summed E-state index contributed by atoms with van der Waals surface area (Å²) in [6.45, 7) is 6.72. The number of morpholine rings is 1. The van der Waals surface area contributed by atoms with Gasteiger partial charge in [0.05, 0.1) is 49.2 Å². The summed E-state index contributed by atoms with van der Waals surface area (Å²) < 4.78 is 11.2. The van der Waals surface area contributed by atoms with E-state index in [0.717, 1.165) is 40.9 Å². The van der Waals surface area contributed by atoms with E-state index in [2.05, 4.69) is 15.2 Å². The van der Waals surface area contributed by atoms with Crippen molar-refractivity contribution in [3.05, 3.63) is 102 Å². The van der Waals surface area contributed by atoms with Crippen molar-refractivity contribution in [3.8, 4) is 5.75 Å². The SMILES string of the molecule is CCOc1ccc(C2C(C(=O)Nc3cnc4ccccc4c3)c3ccccc3C(=O)N2CCN2CCOCC2)cc1. The van der Waals surface area contributed by atoms with E-state index < -0.39 is 12.0 Å². The van der Waals surface area contributed by atoms with Gasteiger partial charge in [-0.25, -0.2) is 0 Å². The lowest BCUT2D eigenvalue weighted by Crippen LogP contribution is -2.49. The van der Waals surface area contributed by atoms with E-state index in [1.54, 1.807) is 6.20 Å². The molecule has 2 aliphatic heterocycles. The number of nitrogens with zero attached hydrogens (tertiary/aromatic N) is 3. The van der Waals surface area contributed by atoms with Crippen LogP contribution in [0.5, 0.6) is 5.75 Å². The maximum Gasteiger partial charge on any atom is 0.254 e. The highest BCUT2D eigenvalue weighted by molar-refractivity contribution is 6.04. The molecule has 3 heterocycles. The lowest BCUT2D eigenvalue weighted by Gasteiger charge is -2.42. The van der Waals surface area contributed by atoms with Gasteiger partial charge in [-0.1, -0.05) is 48.5 Å². The van der Waals surface area contributed by atoms with Gasteiger partial charge in [0.15, 0.2) is 0 Å². The monoisotopic (exact) mass is 550 g/mol. The van der Waals surface area contributed by atoms with Crippen molar-refractivity contribution in [3.63, 3.8) is 0 Å². The highest BCUT2D eigenvalue weighted by Gasteiger charge is 2.44. The maximum atomic E-state index is 14.2. The molecule has 1 fully saturated rings. The fourth-order valence-corrected chi connectivity index (χ4v) is 5.85. The molecule has 0 spiro atoms. The van der Waals surface area contributed by atoms with Crippen molar-refractivity contribution in [2.75, 3.05) is 51.3 Å². The Morgan fingerprint density at radius 2 is 1.76 bits per heavy atom. The molecule has 2 aliphatic rings. The van der Waals surface area contributed by atoms with E-state index in [-0.39, 0.29) is 11.8 Å². The minimum atomic E-state index is -0.627. The largest absolute Gasteiger partial charge is 0.494 e. The quantitative estimate of drug-likeness (QED) is 0.337. The van der Waals surface area contributed by atoms with Crippen molar-refractivity contribution in [2.45, 2.75) is 18.9 Å². The number of amides is 2. The lowest BCUT2D eigenvalue weighted by molar-refractivity contribution is -0.119.